The number of halogens is 1. The van der Waals surface area contributed by atoms with Gasteiger partial charge in [-0.25, -0.2) is 9.82 Å². The highest BCUT2D eigenvalue weighted by atomic mass is 19.1. The van der Waals surface area contributed by atoms with Crippen molar-refractivity contribution in [3.05, 3.63) is 65.5 Å². The first-order chi connectivity index (χ1) is 17.5. The number of aliphatic hydroxyl groups is 1. The number of nitrogens with zero attached hydrogens (tertiary/aromatic N) is 2. The van der Waals surface area contributed by atoms with Crippen molar-refractivity contribution < 1.29 is 14.3 Å². The molecule has 2 atom stereocenters. The monoisotopic (exact) mass is 495 g/mol. The first kappa shape index (κ1) is 25.1. The molecule has 3 saturated heterocycles. The molecular weight excluding hydrogens is 457 g/mol. The SMILES string of the molecule is O=C(Cc1ccc(N2CCC(NCC3CNNC3c3ccc(F)cc3)CC2)cc1)N1CCC(O)CC1. The number of hydrazine groups is 1. The summed E-state index contributed by atoms with van der Waals surface area (Å²) in [5.74, 6) is 0.364. The summed E-state index contributed by atoms with van der Waals surface area (Å²) in [6, 6.07) is 15.9. The van der Waals surface area contributed by atoms with Crippen LogP contribution < -0.4 is 21.1 Å². The molecule has 0 saturated carbocycles. The summed E-state index contributed by atoms with van der Waals surface area (Å²) in [6.45, 7) is 5.14. The lowest BCUT2D eigenvalue weighted by Crippen LogP contribution is -2.44. The van der Waals surface area contributed by atoms with Crippen LogP contribution in [0.3, 0.4) is 0 Å². The van der Waals surface area contributed by atoms with E-state index in [1.807, 2.05) is 17.0 Å². The third-order valence-electron chi connectivity index (χ3n) is 7.96. The molecule has 4 N–H and O–H groups in total. The number of carbonyl (C=O) groups is 1. The number of nitrogens with one attached hydrogen (secondary N) is 3. The van der Waals surface area contributed by atoms with Gasteiger partial charge in [0.2, 0.25) is 5.91 Å². The summed E-state index contributed by atoms with van der Waals surface area (Å²) in [6.07, 6.45) is 3.71. The molecule has 0 spiro atoms. The van der Waals surface area contributed by atoms with Crippen LogP contribution in [-0.4, -0.2) is 67.3 Å². The zero-order valence-electron chi connectivity index (χ0n) is 20.8. The average molecular weight is 496 g/mol. The first-order valence-corrected chi connectivity index (χ1v) is 13.3. The Kier molecular flexibility index (Phi) is 8.16. The third-order valence-corrected chi connectivity index (χ3v) is 7.96. The fourth-order valence-corrected chi connectivity index (χ4v) is 5.64. The Morgan fingerprint density at radius 3 is 2.36 bits per heavy atom. The minimum Gasteiger partial charge on any atom is -0.393 e. The Bertz CT molecular complexity index is 986. The van der Waals surface area contributed by atoms with Crippen molar-refractivity contribution in [1.29, 1.82) is 0 Å². The van der Waals surface area contributed by atoms with Gasteiger partial charge in [-0.1, -0.05) is 24.3 Å². The number of likely N-dealkylation sites (tertiary alicyclic amines) is 1. The van der Waals surface area contributed by atoms with E-state index in [9.17, 15) is 14.3 Å². The van der Waals surface area contributed by atoms with Gasteiger partial charge in [0.25, 0.3) is 0 Å². The van der Waals surface area contributed by atoms with E-state index in [-0.39, 0.29) is 23.9 Å². The molecule has 1 amide bonds. The van der Waals surface area contributed by atoms with Crippen molar-refractivity contribution in [3.63, 3.8) is 0 Å². The van der Waals surface area contributed by atoms with Crippen LogP contribution >= 0.6 is 0 Å². The number of hydrogen-bond donors (Lipinski definition) is 4. The van der Waals surface area contributed by atoms with Crippen molar-refractivity contribution in [2.45, 2.75) is 50.3 Å². The molecule has 0 bridgehead atoms. The molecule has 0 aromatic heterocycles. The molecule has 2 unspecified atom stereocenters. The molecule has 2 aromatic carbocycles. The Hall–Kier alpha value is -2.52. The van der Waals surface area contributed by atoms with E-state index < -0.39 is 0 Å². The molecule has 0 radical (unpaired) electrons. The minimum atomic E-state index is -0.261. The van der Waals surface area contributed by atoms with Gasteiger partial charge in [0, 0.05) is 56.9 Å². The molecule has 2 aromatic rings. The highest BCUT2D eigenvalue weighted by Crippen LogP contribution is 2.26. The first-order valence-electron chi connectivity index (χ1n) is 13.3. The lowest BCUT2D eigenvalue weighted by atomic mass is 9.94. The van der Waals surface area contributed by atoms with Gasteiger partial charge in [0.05, 0.1) is 18.6 Å². The van der Waals surface area contributed by atoms with Crippen LogP contribution in [-0.2, 0) is 11.2 Å². The van der Waals surface area contributed by atoms with Crippen LogP contribution in [0.15, 0.2) is 48.5 Å². The Morgan fingerprint density at radius 2 is 1.67 bits per heavy atom. The van der Waals surface area contributed by atoms with E-state index in [1.54, 1.807) is 0 Å². The van der Waals surface area contributed by atoms with Crippen molar-refractivity contribution >= 4 is 11.6 Å². The quantitative estimate of drug-likeness (QED) is 0.473. The summed E-state index contributed by atoms with van der Waals surface area (Å²) < 4.78 is 13.3. The fraction of sp³-hybridized carbons (Fsp3) is 0.536. The maximum atomic E-state index is 13.3. The zero-order valence-corrected chi connectivity index (χ0v) is 20.8. The van der Waals surface area contributed by atoms with Gasteiger partial charge in [-0.05, 0) is 61.1 Å². The van der Waals surface area contributed by atoms with E-state index in [4.69, 9.17) is 0 Å². The summed E-state index contributed by atoms with van der Waals surface area (Å²) in [4.78, 5) is 16.9. The van der Waals surface area contributed by atoms with E-state index in [1.165, 1.54) is 17.8 Å². The average Bonchev–Trinajstić information content (AvgIpc) is 3.38. The van der Waals surface area contributed by atoms with Gasteiger partial charge in [0.15, 0.2) is 0 Å². The molecule has 8 heteroatoms. The second-order valence-corrected chi connectivity index (χ2v) is 10.4. The number of hydrogen-bond acceptors (Lipinski definition) is 6. The number of rotatable bonds is 7. The van der Waals surface area contributed by atoms with Gasteiger partial charge in [0.1, 0.15) is 5.82 Å². The number of amides is 1. The standard InChI is InChI=1S/C28H38FN5O2/c29-23-5-3-21(4-6-23)28-22(19-31-32-28)18-30-24-9-13-33(14-10-24)25-7-1-20(2-8-25)17-27(36)34-15-11-26(35)12-16-34/h1-8,22,24,26,28,30-32,35H,9-19H2. The van der Waals surface area contributed by atoms with Crippen molar-refractivity contribution in [1.82, 2.24) is 21.1 Å². The summed E-state index contributed by atoms with van der Waals surface area (Å²) in [5.41, 5.74) is 9.97. The third kappa shape index (κ3) is 6.24. The van der Waals surface area contributed by atoms with Crippen molar-refractivity contribution in [3.8, 4) is 0 Å². The predicted octanol–water partition coefficient (Wildman–Crippen LogP) is 2.38. The molecule has 3 fully saturated rings. The van der Waals surface area contributed by atoms with E-state index >= 15 is 0 Å². The van der Waals surface area contributed by atoms with Crippen molar-refractivity contribution in [2.75, 3.05) is 44.2 Å². The lowest BCUT2D eigenvalue weighted by molar-refractivity contribution is -0.132. The smallest absolute Gasteiger partial charge is 0.226 e. The van der Waals surface area contributed by atoms with E-state index in [2.05, 4.69) is 45.3 Å². The summed E-state index contributed by atoms with van der Waals surface area (Å²) >= 11 is 0. The Labute approximate surface area is 213 Å². The van der Waals surface area contributed by atoms with Gasteiger partial charge in [-0.2, -0.15) is 0 Å². The van der Waals surface area contributed by atoms with Crippen LogP contribution in [0.4, 0.5) is 10.1 Å². The van der Waals surface area contributed by atoms with E-state index in [0.29, 0.717) is 44.3 Å². The van der Waals surface area contributed by atoms with Crippen LogP contribution in [0.25, 0.3) is 0 Å². The summed E-state index contributed by atoms with van der Waals surface area (Å²) in [5, 5.41) is 13.4. The van der Waals surface area contributed by atoms with Gasteiger partial charge < -0.3 is 20.2 Å². The van der Waals surface area contributed by atoms with E-state index in [0.717, 1.165) is 50.1 Å². The number of benzene rings is 2. The van der Waals surface area contributed by atoms with Crippen LogP contribution in [0.2, 0.25) is 0 Å². The second kappa shape index (κ2) is 11.7. The molecule has 7 nitrogen and oxygen atoms in total. The number of anilines is 1. The van der Waals surface area contributed by atoms with Gasteiger partial charge in [-0.3, -0.25) is 10.2 Å². The summed E-state index contributed by atoms with van der Waals surface area (Å²) in [7, 11) is 0. The molecule has 0 aliphatic carbocycles. The van der Waals surface area contributed by atoms with Crippen LogP contribution in [0.1, 0.15) is 42.9 Å². The largest absolute Gasteiger partial charge is 0.393 e. The molecular formula is C28H38FN5O2. The maximum absolute atomic E-state index is 13.3. The Morgan fingerprint density at radius 1 is 0.972 bits per heavy atom. The Balaban J connectivity index is 1.06. The number of aliphatic hydroxyl groups excluding tert-OH is 1. The maximum Gasteiger partial charge on any atom is 0.226 e. The van der Waals surface area contributed by atoms with Crippen molar-refractivity contribution in [2.24, 2.45) is 5.92 Å². The number of piperidine rings is 2. The normalized spacial score (nSPS) is 23.8. The van der Waals surface area contributed by atoms with Crippen LogP contribution in [0.5, 0.6) is 0 Å². The molecule has 36 heavy (non-hydrogen) atoms. The topological polar surface area (TPSA) is 79.9 Å². The molecule has 5 rings (SSSR count). The molecule has 194 valence electrons. The lowest BCUT2D eigenvalue weighted by Gasteiger charge is -2.35. The zero-order chi connectivity index (χ0) is 24.9. The predicted molar refractivity (Wildman–Crippen MR) is 139 cm³/mol. The molecule has 3 aliphatic rings. The van der Waals surface area contributed by atoms with Crippen LogP contribution in [0, 0.1) is 11.7 Å². The molecule has 3 heterocycles. The number of carbonyl (C=O) groups excluding carboxylic acids is 1. The van der Waals surface area contributed by atoms with Gasteiger partial charge >= 0.3 is 0 Å². The van der Waals surface area contributed by atoms with Gasteiger partial charge in [-0.15, -0.1) is 0 Å². The minimum absolute atomic E-state index is 0.149. The second-order valence-electron chi connectivity index (χ2n) is 10.4. The molecule has 3 aliphatic heterocycles. The fourth-order valence-electron chi connectivity index (χ4n) is 5.64. The highest BCUT2D eigenvalue weighted by Gasteiger charge is 2.29. The highest BCUT2D eigenvalue weighted by molar-refractivity contribution is 5.79.